The predicted octanol–water partition coefficient (Wildman–Crippen LogP) is 0.978. The third kappa shape index (κ3) is 2.92. The number of nitrogens with one attached hydrogen (secondary N) is 1. The van der Waals surface area contributed by atoms with Crippen molar-refractivity contribution in [3.05, 3.63) is 11.3 Å². The second-order valence-electron chi connectivity index (χ2n) is 5.71. The molecule has 2 heterocycles. The lowest BCUT2D eigenvalue weighted by atomic mass is 10.0. The summed E-state index contributed by atoms with van der Waals surface area (Å²) in [4.78, 5) is 4.84. The van der Waals surface area contributed by atoms with Gasteiger partial charge in [0.2, 0.25) is 0 Å². The highest BCUT2D eigenvalue weighted by Crippen LogP contribution is 2.26. The Labute approximate surface area is 116 Å². The van der Waals surface area contributed by atoms with E-state index in [2.05, 4.69) is 41.2 Å². The molecule has 108 valence electrons. The molecule has 5 nitrogen and oxygen atoms in total. The SMILES string of the molecule is CNCc1c(C)nn(C)c1N(C)C1CCCN(C)C1. The van der Waals surface area contributed by atoms with Gasteiger partial charge >= 0.3 is 0 Å². The van der Waals surface area contributed by atoms with E-state index in [4.69, 9.17) is 0 Å². The van der Waals surface area contributed by atoms with Crippen LogP contribution in [-0.2, 0) is 13.6 Å². The molecule has 2 rings (SSSR count). The number of likely N-dealkylation sites (N-methyl/N-ethyl adjacent to an activating group) is 2. The summed E-state index contributed by atoms with van der Waals surface area (Å²) in [6.45, 7) is 5.33. The van der Waals surface area contributed by atoms with Gasteiger partial charge in [-0.3, -0.25) is 4.68 Å². The smallest absolute Gasteiger partial charge is 0.131 e. The lowest BCUT2D eigenvalue weighted by Gasteiger charge is -2.37. The molecule has 0 amide bonds. The van der Waals surface area contributed by atoms with Crippen LogP contribution in [-0.4, -0.2) is 55.0 Å². The van der Waals surface area contributed by atoms with Gasteiger partial charge in [0.15, 0.2) is 0 Å². The Balaban J connectivity index is 2.24. The van der Waals surface area contributed by atoms with Gasteiger partial charge in [-0.2, -0.15) is 5.10 Å². The third-order valence-electron chi connectivity index (χ3n) is 4.15. The summed E-state index contributed by atoms with van der Waals surface area (Å²) in [6.07, 6.45) is 2.55. The van der Waals surface area contributed by atoms with Crippen molar-refractivity contribution in [2.24, 2.45) is 7.05 Å². The van der Waals surface area contributed by atoms with Crippen molar-refractivity contribution in [2.75, 3.05) is 39.1 Å². The molecule has 1 fully saturated rings. The molecule has 0 saturated carbocycles. The average molecular weight is 265 g/mol. The molecular formula is C14H27N5. The van der Waals surface area contributed by atoms with E-state index in [-0.39, 0.29) is 0 Å². The van der Waals surface area contributed by atoms with Gasteiger partial charge in [-0.05, 0) is 40.4 Å². The Bertz CT molecular complexity index is 426. The van der Waals surface area contributed by atoms with Crippen molar-refractivity contribution in [1.29, 1.82) is 0 Å². The van der Waals surface area contributed by atoms with Gasteiger partial charge < -0.3 is 15.1 Å². The first-order chi connectivity index (χ1) is 9.04. The molecule has 1 saturated heterocycles. The summed E-state index contributed by atoms with van der Waals surface area (Å²) >= 11 is 0. The molecule has 0 spiro atoms. The highest BCUT2D eigenvalue weighted by atomic mass is 15.4. The Morgan fingerprint density at radius 3 is 2.79 bits per heavy atom. The molecule has 5 heteroatoms. The average Bonchev–Trinajstić information content (AvgIpc) is 2.64. The van der Waals surface area contributed by atoms with E-state index >= 15 is 0 Å². The van der Waals surface area contributed by atoms with Crippen LogP contribution in [0.5, 0.6) is 0 Å². The molecule has 1 aromatic rings. The normalized spacial score (nSPS) is 20.8. The summed E-state index contributed by atoms with van der Waals surface area (Å²) in [5.41, 5.74) is 2.45. The number of piperidine rings is 1. The van der Waals surface area contributed by atoms with Crippen LogP contribution < -0.4 is 10.2 Å². The van der Waals surface area contributed by atoms with E-state index in [0.717, 1.165) is 18.8 Å². The fourth-order valence-corrected chi connectivity index (χ4v) is 3.14. The van der Waals surface area contributed by atoms with Gasteiger partial charge in [0, 0.05) is 38.8 Å². The number of aromatic nitrogens is 2. The Hall–Kier alpha value is -1.07. The van der Waals surface area contributed by atoms with Gasteiger partial charge in [-0.25, -0.2) is 0 Å². The molecule has 0 aliphatic carbocycles. The fraction of sp³-hybridized carbons (Fsp3) is 0.786. The van der Waals surface area contributed by atoms with E-state index in [1.807, 2.05) is 18.8 Å². The van der Waals surface area contributed by atoms with E-state index in [1.165, 1.54) is 30.8 Å². The van der Waals surface area contributed by atoms with Gasteiger partial charge in [0.1, 0.15) is 5.82 Å². The molecule has 0 radical (unpaired) electrons. The van der Waals surface area contributed by atoms with Crippen LogP contribution >= 0.6 is 0 Å². The van der Waals surface area contributed by atoms with Crippen LogP contribution in [0.25, 0.3) is 0 Å². The number of nitrogens with zero attached hydrogens (tertiary/aromatic N) is 4. The van der Waals surface area contributed by atoms with Gasteiger partial charge in [0.25, 0.3) is 0 Å². The lowest BCUT2D eigenvalue weighted by Crippen LogP contribution is -2.46. The van der Waals surface area contributed by atoms with Crippen LogP contribution in [0.1, 0.15) is 24.1 Å². The van der Waals surface area contributed by atoms with E-state index in [0.29, 0.717) is 6.04 Å². The summed E-state index contributed by atoms with van der Waals surface area (Å²) in [5.74, 6) is 1.26. The molecule has 0 bridgehead atoms. The Kier molecular flexibility index (Phi) is 4.47. The highest BCUT2D eigenvalue weighted by molar-refractivity contribution is 5.50. The molecule has 1 unspecified atom stereocenters. The summed E-state index contributed by atoms with van der Waals surface area (Å²) < 4.78 is 2.02. The minimum Gasteiger partial charge on any atom is -0.355 e. The summed E-state index contributed by atoms with van der Waals surface area (Å²) in [7, 11) is 8.46. The van der Waals surface area contributed by atoms with Crippen LogP contribution in [0.4, 0.5) is 5.82 Å². The standard InChI is InChI=1S/C14H27N5/c1-11-13(9-15-2)14(19(5)16-11)18(4)12-7-6-8-17(3)10-12/h12,15H,6-10H2,1-5H3. The quantitative estimate of drug-likeness (QED) is 0.880. The maximum atomic E-state index is 4.59. The van der Waals surface area contributed by atoms with E-state index in [1.54, 1.807) is 0 Å². The zero-order chi connectivity index (χ0) is 14.0. The first-order valence-electron chi connectivity index (χ1n) is 7.13. The number of hydrogen-bond acceptors (Lipinski definition) is 4. The minimum absolute atomic E-state index is 0.587. The maximum Gasteiger partial charge on any atom is 0.131 e. The first-order valence-corrected chi connectivity index (χ1v) is 7.13. The van der Waals surface area contributed by atoms with Crippen molar-refractivity contribution in [1.82, 2.24) is 20.0 Å². The highest BCUT2D eigenvalue weighted by Gasteiger charge is 2.25. The minimum atomic E-state index is 0.587. The van der Waals surface area contributed by atoms with Gasteiger partial charge in [0.05, 0.1) is 5.69 Å². The van der Waals surface area contributed by atoms with Crippen molar-refractivity contribution in [3.8, 4) is 0 Å². The molecule has 1 aromatic heterocycles. The molecule has 19 heavy (non-hydrogen) atoms. The molecule has 1 aliphatic heterocycles. The number of rotatable bonds is 4. The zero-order valence-corrected chi connectivity index (χ0v) is 12.9. The second kappa shape index (κ2) is 5.92. The topological polar surface area (TPSA) is 36.3 Å². The van der Waals surface area contributed by atoms with Crippen molar-refractivity contribution in [2.45, 2.75) is 32.4 Å². The third-order valence-corrected chi connectivity index (χ3v) is 4.15. The predicted molar refractivity (Wildman–Crippen MR) is 79.6 cm³/mol. The van der Waals surface area contributed by atoms with E-state index < -0.39 is 0 Å². The van der Waals surface area contributed by atoms with Gasteiger partial charge in [-0.15, -0.1) is 0 Å². The maximum absolute atomic E-state index is 4.59. The number of aryl methyl sites for hydroxylation is 2. The van der Waals surface area contributed by atoms with Crippen molar-refractivity contribution in [3.63, 3.8) is 0 Å². The van der Waals surface area contributed by atoms with Crippen LogP contribution in [0.3, 0.4) is 0 Å². The number of hydrogen-bond donors (Lipinski definition) is 1. The number of anilines is 1. The monoisotopic (exact) mass is 265 g/mol. The largest absolute Gasteiger partial charge is 0.355 e. The van der Waals surface area contributed by atoms with E-state index in [9.17, 15) is 0 Å². The fourth-order valence-electron chi connectivity index (χ4n) is 3.14. The lowest BCUT2D eigenvalue weighted by molar-refractivity contribution is 0.247. The Morgan fingerprint density at radius 1 is 1.42 bits per heavy atom. The first kappa shape index (κ1) is 14.3. The molecular weight excluding hydrogens is 238 g/mol. The molecule has 1 atom stereocenters. The van der Waals surface area contributed by atoms with Crippen LogP contribution in [0.2, 0.25) is 0 Å². The second-order valence-corrected chi connectivity index (χ2v) is 5.71. The number of likely N-dealkylation sites (tertiary alicyclic amines) is 1. The summed E-state index contributed by atoms with van der Waals surface area (Å²) in [5, 5.41) is 7.84. The molecule has 1 aliphatic rings. The van der Waals surface area contributed by atoms with Crippen LogP contribution in [0.15, 0.2) is 0 Å². The molecule has 1 N–H and O–H groups in total. The van der Waals surface area contributed by atoms with Crippen molar-refractivity contribution < 1.29 is 0 Å². The Morgan fingerprint density at radius 2 is 2.16 bits per heavy atom. The zero-order valence-electron chi connectivity index (χ0n) is 12.9. The molecule has 0 aromatic carbocycles. The van der Waals surface area contributed by atoms with Crippen LogP contribution in [0, 0.1) is 6.92 Å². The summed E-state index contributed by atoms with van der Waals surface area (Å²) in [6, 6.07) is 0.587. The van der Waals surface area contributed by atoms with Gasteiger partial charge in [-0.1, -0.05) is 0 Å². The van der Waals surface area contributed by atoms with Crippen molar-refractivity contribution >= 4 is 5.82 Å².